The number of hydrogen-bond donors (Lipinski definition) is 1. The molecule has 2 rings (SSSR count). The Bertz CT molecular complexity index is 396. The van der Waals surface area contributed by atoms with Crippen molar-refractivity contribution >= 4 is 0 Å². The molecule has 1 N–H and O–H groups in total. The Morgan fingerprint density at radius 3 is 2.23 bits per heavy atom. The molecule has 0 radical (unpaired) electrons. The third kappa shape index (κ3) is 6.47. The molecule has 0 spiro atoms. The zero-order valence-corrected chi connectivity index (χ0v) is 18.4. The largest absolute Gasteiger partial charge is 0.377 e. The normalized spacial score (nSPS) is 23.3. The molecule has 26 heavy (non-hydrogen) atoms. The van der Waals surface area contributed by atoms with Gasteiger partial charge in [0.2, 0.25) is 0 Å². The second kappa shape index (κ2) is 9.86. The summed E-state index contributed by atoms with van der Waals surface area (Å²) in [6.07, 6.45) is 5.48. The van der Waals surface area contributed by atoms with E-state index < -0.39 is 0 Å². The minimum Gasteiger partial charge on any atom is -0.377 e. The van der Waals surface area contributed by atoms with Crippen LogP contribution in [-0.4, -0.2) is 73.9 Å². The van der Waals surface area contributed by atoms with Crippen molar-refractivity contribution < 1.29 is 4.74 Å². The molecular formula is C22H45N3O. The summed E-state index contributed by atoms with van der Waals surface area (Å²) in [5.41, 5.74) is 0.709. The molecule has 4 nitrogen and oxygen atoms in total. The molecule has 0 aromatic rings. The molecule has 2 heterocycles. The molecule has 0 aliphatic carbocycles. The highest BCUT2D eigenvalue weighted by Gasteiger charge is 2.39. The highest BCUT2D eigenvalue weighted by Crippen LogP contribution is 2.41. The highest BCUT2D eigenvalue weighted by molar-refractivity contribution is 4.93. The number of piperidine rings is 1. The fraction of sp³-hybridized carbons (Fsp3) is 1.00. The average molecular weight is 368 g/mol. The van der Waals surface area contributed by atoms with Crippen LogP contribution in [0.25, 0.3) is 0 Å². The zero-order chi connectivity index (χ0) is 19.2. The van der Waals surface area contributed by atoms with E-state index in [1.54, 1.807) is 0 Å². The molecule has 0 aromatic heterocycles. The first-order valence-corrected chi connectivity index (χ1v) is 11.0. The first-order valence-electron chi connectivity index (χ1n) is 11.0. The first kappa shape index (κ1) is 22.1. The van der Waals surface area contributed by atoms with Crippen molar-refractivity contribution in [2.24, 2.45) is 11.3 Å². The molecule has 1 unspecified atom stereocenters. The summed E-state index contributed by atoms with van der Waals surface area (Å²) in [4.78, 5) is 5.31. The summed E-state index contributed by atoms with van der Waals surface area (Å²) in [5, 5.41) is 3.52. The van der Waals surface area contributed by atoms with Crippen LogP contribution in [0.1, 0.15) is 67.2 Å². The monoisotopic (exact) mass is 367 g/mol. The molecule has 2 aliphatic heterocycles. The Morgan fingerprint density at radius 1 is 1.04 bits per heavy atom. The van der Waals surface area contributed by atoms with Crippen molar-refractivity contribution in [1.82, 2.24) is 15.1 Å². The number of rotatable bonds is 9. The summed E-state index contributed by atoms with van der Waals surface area (Å²) in [7, 11) is 0. The van der Waals surface area contributed by atoms with Gasteiger partial charge in [-0.25, -0.2) is 0 Å². The first-order chi connectivity index (χ1) is 12.2. The van der Waals surface area contributed by atoms with Gasteiger partial charge < -0.3 is 10.1 Å². The lowest BCUT2D eigenvalue weighted by atomic mass is 9.67. The van der Waals surface area contributed by atoms with Gasteiger partial charge >= 0.3 is 0 Å². The minimum atomic E-state index is 0.285. The van der Waals surface area contributed by atoms with Crippen LogP contribution in [0, 0.1) is 11.3 Å². The van der Waals surface area contributed by atoms with Crippen LogP contribution in [0.2, 0.25) is 0 Å². The van der Waals surface area contributed by atoms with Crippen LogP contribution >= 0.6 is 0 Å². The highest BCUT2D eigenvalue weighted by atomic mass is 16.5. The summed E-state index contributed by atoms with van der Waals surface area (Å²) >= 11 is 0. The van der Waals surface area contributed by atoms with Crippen molar-refractivity contribution in [2.45, 2.75) is 78.9 Å². The molecule has 0 saturated carbocycles. The van der Waals surface area contributed by atoms with Crippen LogP contribution in [0.15, 0.2) is 0 Å². The summed E-state index contributed by atoms with van der Waals surface area (Å²) in [6, 6.07) is 0. The lowest BCUT2D eigenvalue weighted by Gasteiger charge is -2.49. The van der Waals surface area contributed by atoms with Crippen LogP contribution in [0.3, 0.4) is 0 Å². The molecule has 2 saturated heterocycles. The van der Waals surface area contributed by atoms with E-state index in [2.05, 4.69) is 56.7 Å². The molecule has 0 amide bonds. The fourth-order valence-corrected chi connectivity index (χ4v) is 5.05. The molecule has 2 fully saturated rings. The molecule has 4 heteroatoms. The van der Waals surface area contributed by atoms with Gasteiger partial charge in [-0.2, -0.15) is 0 Å². The predicted octanol–water partition coefficient (Wildman–Crippen LogP) is 3.61. The van der Waals surface area contributed by atoms with E-state index in [4.69, 9.17) is 4.74 Å². The van der Waals surface area contributed by atoms with Gasteiger partial charge in [-0.15, -0.1) is 0 Å². The maximum Gasteiger partial charge on any atom is 0.0597 e. The van der Waals surface area contributed by atoms with Gasteiger partial charge in [-0.1, -0.05) is 20.8 Å². The minimum absolute atomic E-state index is 0.285. The van der Waals surface area contributed by atoms with Crippen molar-refractivity contribution in [3.8, 4) is 0 Å². The van der Waals surface area contributed by atoms with Gasteiger partial charge in [0.1, 0.15) is 0 Å². The van der Waals surface area contributed by atoms with E-state index in [1.165, 1.54) is 58.5 Å². The van der Waals surface area contributed by atoms with Crippen molar-refractivity contribution in [3.63, 3.8) is 0 Å². The van der Waals surface area contributed by atoms with E-state index in [0.717, 1.165) is 25.5 Å². The Balaban J connectivity index is 1.77. The smallest absolute Gasteiger partial charge is 0.0597 e. The van der Waals surface area contributed by atoms with Crippen molar-refractivity contribution in [3.05, 3.63) is 0 Å². The maximum atomic E-state index is 5.86. The molecule has 154 valence electrons. The standard InChI is InChI=1S/C22H45N3O/c1-7-19(2)26-17-16-24-12-14-25(15-13-24)22(5,6)18-21(3,4)20-8-10-23-11-9-20/h19-20,23H,7-18H2,1-6H3. The van der Waals surface area contributed by atoms with Gasteiger partial charge in [0.15, 0.2) is 0 Å². The fourth-order valence-electron chi connectivity index (χ4n) is 5.05. The third-order valence-electron chi connectivity index (χ3n) is 6.95. The van der Waals surface area contributed by atoms with Crippen LogP contribution in [0.5, 0.6) is 0 Å². The Morgan fingerprint density at radius 2 is 1.65 bits per heavy atom. The summed E-state index contributed by atoms with van der Waals surface area (Å²) in [6.45, 7) is 23.4. The Hall–Kier alpha value is -0.160. The van der Waals surface area contributed by atoms with Crippen LogP contribution < -0.4 is 5.32 Å². The lowest BCUT2D eigenvalue weighted by Crippen LogP contribution is -2.56. The van der Waals surface area contributed by atoms with Gasteiger partial charge in [0, 0.05) is 38.3 Å². The number of nitrogens with zero attached hydrogens (tertiary/aromatic N) is 2. The molecule has 1 atom stereocenters. The second-order valence-electron chi connectivity index (χ2n) is 9.92. The average Bonchev–Trinajstić information content (AvgIpc) is 2.62. The number of ether oxygens (including phenoxy) is 1. The summed E-state index contributed by atoms with van der Waals surface area (Å²) in [5.74, 6) is 0.863. The van der Waals surface area contributed by atoms with E-state index in [9.17, 15) is 0 Å². The SMILES string of the molecule is CCC(C)OCCN1CCN(C(C)(C)CC(C)(C)C2CCNCC2)CC1. The summed E-state index contributed by atoms with van der Waals surface area (Å²) < 4.78 is 5.86. The Labute approximate surface area is 163 Å². The number of hydrogen-bond acceptors (Lipinski definition) is 4. The van der Waals surface area contributed by atoms with Gasteiger partial charge in [0.25, 0.3) is 0 Å². The van der Waals surface area contributed by atoms with E-state index in [1.807, 2.05) is 0 Å². The van der Waals surface area contributed by atoms with E-state index in [0.29, 0.717) is 11.5 Å². The van der Waals surface area contributed by atoms with E-state index >= 15 is 0 Å². The molecule has 2 aliphatic rings. The van der Waals surface area contributed by atoms with Gasteiger partial charge in [-0.3, -0.25) is 9.80 Å². The van der Waals surface area contributed by atoms with Crippen molar-refractivity contribution in [2.75, 3.05) is 52.4 Å². The van der Waals surface area contributed by atoms with Gasteiger partial charge in [-0.05, 0) is 70.9 Å². The maximum absolute atomic E-state index is 5.86. The quantitative estimate of drug-likeness (QED) is 0.674. The molecule has 0 aromatic carbocycles. The number of nitrogens with one attached hydrogen (secondary N) is 1. The zero-order valence-electron chi connectivity index (χ0n) is 18.4. The lowest BCUT2D eigenvalue weighted by molar-refractivity contribution is -0.00555. The Kier molecular flexibility index (Phi) is 8.39. The molecule has 0 bridgehead atoms. The van der Waals surface area contributed by atoms with Crippen LogP contribution in [0.4, 0.5) is 0 Å². The molecular weight excluding hydrogens is 322 g/mol. The van der Waals surface area contributed by atoms with Crippen molar-refractivity contribution in [1.29, 1.82) is 0 Å². The predicted molar refractivity (Wildman–Crippen MR) is 112 cm³/mol. The van der Waals surface area contributed by atoms with Gasteiger partial charge in [0.05, 0.1) is 12.7 Å². The number of piperazine rings is 1. The topological polar surface area (TPSA) is 27.7 Å². The van der Waals surface area contributed by atoms with E-state index in [-0.39, 0.29) is 5.54 Å². The second-order valence-corrected chi connectivity index (χ2v) is 9.92. The van der Waals surface area contributed by atoms with Crippen LogP contribution in [-0.2, 0) is 4.74 Å². The third-order valence-corrected chi connectivity index (χ3v) is 6.95.